The Bertz CT molecular complexity index is 543. The van der Waals surface area contributed by atoms with Gasteiger partial charge in [-0.15, -0.1) is 0 Å². The van der Waals surface area contributed by atoms with E-state index in [1.54, 1.807) is 0 Å². The van der Waals surface area contributed by atoms with E-state index in [-0.39, 0.29) is 12.7 Å². The number of carbonyl (C=O) groups excluding carboxylic acids is 1. The summed E-state index contributed by atoms with van der Waals surface area (Å²) in [5.74, 6) is 3.87. The van der Waals surface area contributed by atoms with Crippen molar-refractivity contribution in [1.29, 1.82) is 0 Å². The molecule has 1 aliphatic heterocycles. The fraction of sp³-hybridized carbons (Fsp3) is 0.562. The maximum absolute atomic E-state index is 12.2. The topological polar surface area (TPSA) is 47.6 Å². The summed E-state index contributed by atoms with van der Waals surface area (Å²) < 4.78 is 10.6. The minimum absolute atomic E-state index is 0.126. The van der Waals surface area contributed by atoms with Crippen LogP contribution in [0.4, 0.5) is 5.69 Å². The zero-order valence-corrected chi connectivity index (χ0v) is 11.4. The second-order valence-corrected chi connectivity index (χ2v) is 6.26. The van der Waals surface area contributed by atoms with Gasteiger partial charge in [-0.05, 0) is 49.1 Å². The van der Waals surface area contributed by atoms with E-state index in [4.69, 9.17) is 9.47 Å². The van der Waals surface area contributed by atoms with Crippen molar-refractivity contribution >= 4 is 11.6 Å². The lowest BCUT2D eigenvalue weighted by Gasteiger charge is -2.20. The maximum Gasteiger partial charge on any atom is 0.231 e. The Hall–Kier alpha value is -1.71. The van der Waals surface area contributed by atoms with Crippen molar-refractivity contribution in [2.75, 3.05) is 12.1 Å². The van der Waals surface area contributed by atoms with Crippen molar-refractivity contribution in [3.8, 4) is 11.5 Å². The van der Waals surface area contributed by atoms with Crippen LogP contribution >= 0.6 is 0 Å². The van der Waals surface area contributed by atoms with Crippen molar-refractivity contribution in [1.82, 2.24) is 0 Å². The number of ether oxygens (including phenoxy) is 2. The molecule has 2 bridgehead atoms. The molecule has 0 radical (unpaired) electrons. The third-order valence-electron chi connectivity index (χ3n) is 4.99. The van der Waals surface area contributed by atoms with E-state index in [9.17, 15) is 4.79 Å². The van der Waals surface area contributed by atoms with Crippen molar-refractivity contribution in [2.45, 2.75) is 32.1 Å². The van der Waals surface area contributed by atoms with Gasteiger partial charge in [0.15, 0.2) is 11.5 Å². The summed E-state index contributed by atoms with van der Waals surface area (Å²) in [4.78, 5) is 12.2. The molecule has 3 atom stereocenters. The van der Waals surface area contributed by atoms with Crippen LogP contribution in [-0.4, -0.2) is 12.7 Å². The molecule has 4 heteroatoms. The van der Waals surface area contributed by atoms with Crippen molar-refractivity contribution in [2.24, 2.45) is 17.8 Å². The molecule has 1 heterocycles. The lowest BCUT2D eigenvalue weighted by Crippen LogP contribution is -2.20. The second kappa shape index (κ2) is 4.69. The van der Waals surface area contributed by atoms with Gasteiger partial charge in [0.25, 0.3) is 0 Å². The normalized spacial score (nSPS) is 29.7. The first-order valence-corrected chi connectivity index (χ1v) is 7.47. The summed E-state index contributed by atoms with van der Waals surface area (Å²) in [6.07, 6.45) is 5.97. The molecule has 1 N–H and O–H groups in total. The molecule has 2 saturated carbocycles. The van der Waals surface area contributed by atoms with Gasteiger partial charge < -0.3 is 14.8 Å². The number of carbonyl (C=O) groups is 1. The van der Waals surface area contributed by atoms with Gasteiger partial charge in [0.2, 0.25) is 12.7 Å². The Kier molecular flexibility index (Phi) is 2.83. The van der Waals surface area contributed by atoms with E-state index in [0.29, 0.717) is 18.1 Å². The van der Waals surface area contributed by atoms with Gasteiger partial charge in [-0.2, -0.15) is 0 Å². The van der Waals surface area contributed by atoms with E-state index in [0.717, 1.165) is 23.3 Å². The molecule has 4 rings (SSSR count). The number of amides is 1. The SMILES string of the molecule is O=C(C[C@H]1C[C@H]2CC[C@H]1C2)Nc1ccc2c(c1)OCO2. The van der Waals surface area contributed by atoms with E-state index in [1.165, 1.54) is 25.7 Å². The zero-order valence-electron chi connectivity index (χ0n) is 11.4. The summed E-state index contributed by atoms with van der Waals surface area (Å²) >= 11 is 0. The van der Waals surface area contributed by atoms with Crippen LogP contribution in [-0.2, 0) is 4.79 Å². The molecule has 0 unspecified atom stereocenters. The first kappa shape index (κ1) is 12.1. The molecule has 1 aromatic carbocycles. The van der Waals surface area contributed by atoms with Crippen LogP contribution in [0.3, 0.4) is 0 Å². The highest BCUT2D eigenvalue weighted by molar-refractivity contribution is 5.91. The third kappa shape index (κ3) is 2.13. The van der Waals surface area contributed by atoms with Gasteiger partial charge in [0.1, 0.15) is 0 Å². The zero-order chi connectivity index (χ0) is 13.5. The highest BCUT2D eigenvalue weighted by Gasteiger charge is 2.40. The van der Waals surface area contributed by atoms with E-state index >= 15 is 0 Å². The van der Waals surface area contributed by atoms with Crippen LogP contribution < -0.4 is 14.8 Å². The van der Waals surface area contributed by atoms with Crippen LogP contribution in [0.2, 0.25) is 0 Å². The molecule has 2 fully saturated rings. The summed E-state index contributed by atoms with van der Waals surface area (Å²) in [6, 6.07) is 5.54. The lowest BCUT2D eigenvalue weighted by molar-refractivity contribution is -0.117. The number of fused-ring (bicyclic) bond motifs is 3. The van der Waals surface area contributed by atoms with Crippen LogP contribution in [0.15, 0.2) is 18.2 Å². The summed E-state index contributed by atoms with van der Waals surface area (Å²) in [5.41, 5.74) is 0.794. The van der Waals surface area contributed by atoms with Crippen LogP contribution in [0, 0.1) is 17.8 Å². The standard InChI is InChI=1S/C16H19NO3/c18-16(7-12-6-10-1-2-11(12)5-10)17-13-3-4-14-15(8-13)20-9-19-14/h3-4,8,10-12H,1-2,5-7,9H2,(H,17,18)/t10-,11-,12+/m0/s1. The molecule has 20 heavy (non-hydrogen) atoms. The second-order valence-electron chi connectivity index (χ2n) is 6.26. The van der Waals surface area contributed by atoms with E-state index in [1.807, 2.05) is 18.2 Å². The predicted octanol–water partition coefficient (Wildman–Crippen LogP) is 3.18. The summed E-state index contributed by atoms with van der Waals surface area (Å²) in [7, 11) is 0. The minimum Gasteiger partial charge on any atom is -0.454 e. The summed E-state index contributed by atoms with van der Waals surface area (Å²) in [5, 5.41) is 2.98. The Morgan fingerprint density at radius 3 is 2.90 bits per heavy atom. The lowest BCUT2D eigenvalue weighted by atomic mass is 9.86. The molecule has 1 amide bonds. The Morgan fingerprint density at radius 1 is 1.20 bits per heavy atom. The Balaban J connectivity index is 1.38. The fourth-order valence-electron chi connectivity index (χ4n) is 4.05. The van der Waals surface area contributed by atoms with Gasteiger partial charge in [-0.1, -0.05) is 6.42 Å². The third-order valence-corrected chi connectivity index (χ3v) is 4.99. The fourth-order valence-corrected chi connectivity index (χ4v) is 4.05. The predicted molar refractivity (Wildman–Crippen MR) is 74.7 cm³/mol. The Labute approximate surface area is 118 Å². The number of anilines is 1. The number of hydrogen-bond donors (Lipinski definition) is 1. The van der Waals surface area contributed by atoms with E-state index in [2.05, 4.69) is 5.32 Å². The van der Waals surface area contributed by atoms with Gasteiger partial charge in [0.05, 0.1) is 0 Å². The largest absolute Gasteiger partial charge is 0.454 e. The molecule has 2 aliphatic carbocycles. The molecule has 3 aliphatic rings. The van der Waals surface area contributed by atoms with Gasteiger partial charge >= 0.3 is 0 Å². The molecule has 0 aromatic heterocycles. The van der Waals surface area contributed by atoms with Gasteiger partial charge in [0, 0.05) is 18.2 Å². The van der Waals surface area contributed by atoms with Gasteiger partial charge in [-0.25, -0.2) is 0 Å². The maximum atomic E-state index is 12.2. The minimum atomic E-state index is 0.126. The first-order valence-electron chi connectivity index (χ1n) is 7.47. The average Bonchev–Trinajstić information content (AvgIpc) is 3.13. The van der Waals surface area contributed by atoms with Gasteiger partial charge in [-0.3, -0.25) is 4.79 Å². The summed E-state index contributed by atoms with van der Waals surface area (Å²) in [6.45, 7) is 0.262. The van der Waals surface area contributed by atoms with Crippen molar-refractivity contribution in [3.63, 3.8) is 0 Å². The average molecular weight is 273 g/mol. The molecule has 106 valence electrons. The highest BCUT2D eigenvalue weighted by Crippen LogP contribution is 2.49. The molecule has 0 spiro atoms. The number of hydrogen-bond acceptors (Lipinski definition) is 3. The highest BCUT2D eigenvalue weighted by atomic mass is 16.7. The van der Waals surface area contributed by atoms with Crippen LogP contribution in [0.5, 0.6) is 11.5 Å². The van der Waals surface area contributed by atoms with E-state index < -0.39 is 0 Å². The van der Waals surface area contributed by atoms with Crippen molar-refractivity contribution < 1.29 is 14.3 Å². The quantitative estimate of drug-likeness (QED) is 0.920. The number of nitrogens with one attached hydrogen (secondary N) is 1. The molecule has 1 aromatic rings. The van der Waals surface area contributed by atoms with Crippen molar-refractivity contribution in [3.05, 3.63) is 18.2 Å². The van der Waals surface area contributed by atoms with Crippen LogP contribution in [0.25, 0.3) is 0 Å². The molecule has 0 saturated heterocycles. The number of rotatable bonds is 3. The molecular weight excluding hydrogens is 254 g/mol. The Morgan fingerprint density at radius 2 is 2.10 bits per heavy atom. The molecular formula is C16H19NO3. The monoisotopic (exact) mass is 273 g/mol. The number of benzene rings is 1. The smallest absolute Gasteiger partial charge is 0.231 e. The molecule has 4 nitrogen and oxygen atoms in total. The first-order chi connectivity index (χ1) is 9.78. The van der Waals surface area contributed by atoms with Crippen LogP contribution in [0.1, 0.15) is 32.1 Å².